The highest BCUT2D eigenvalue weighted by molar-refractivity contribution is 6.12. The van der Waals surface area contributed by atoms with E-state index in [1.165, 1.54) is 22.7 Å². The van der Waals surface area contributed by atoms with Crippen molar-refractivity contribution in [2.45, 2.75) is 105 Å². The Kier molecular flexibility index (Phi) is 12.0. The van der Waals surface area contributed by atoms with Gasteiger partial charge in [-0.15, -0.1) is 0 Å². The number of esters is 1. The summed E-state index contributed by atoms with van der Waals surface area (Å²) in [6.07, 6.45) is 12.6. The van der Waals surface area contributed by atoms with Gasteiger partial charge in [-0.3, -0.25) is 14.4 Å². The Bertz CT molecular complexity index is 1770. The number of rotatable bonds is 12. The lowest BCUT2D eigenvalue weighted by Gasteiger charge is -2.27. The predicted octanol–water partition coefficient (Wildman–Crippen LogP) is 8.67. The van der Waals surface area contributed by atoms with Gasteiger partial charge in [0.2, 0.25) is 11.8 Å². The molecule has 3 aliphatic rings. The maximum absolute atomic E-state index is 13.1. The van der Waals surface area contributed by atoms with Gasteiger partial charge in [-0.25, -0.2) is 0 Å². The molecule has 1 saturated carbocycles. The number of anilines is 1. The molecule has 0 radical (unpaired) electrons. The van der Waals surface area contributed by atoms with Crippen molar-refractivity contribution in [1.82, 2.24) is 5.32 Å². The van der Waals surface area contributed by atoms with E-state index < -0.39 is 12.1 Å². The molecule has 5 rings (SSSR count). The van der Waals surface area contributed by atoms with Crippen LogP contribution in [0.5, 0.6) is 0 Å². The van der Waals surface area contributed by atoms with Crippen molar-refractivity contribution in [3.63, 3.8) is 0 Å². The third-order valence-corrected chi connectivity index (χ3v) is 10.1. The van der Waals surface area contributed by atoms with Crippen LogP contribution >= 0.6 is 0 Å². The zero-order chi connectivity index (χ0) is 36.8. The Hall–Kier alpha value is -4.52. The van der Waals surface area contributed by atoms with E-state index in [2.05, 4.69) is 136 Å². The van der Waals surface area contributed by atoms with Crippen molar-refractivity contribution >= 4 is 34.6 Å². The molecule has 270 valence electrons. The number of allylic oxidation sites excluding steroid dienone is 7. The van der Waals surface area contributed by atoms with E-state index >= 15 is 0 Å². The Labute approximate surface area is 304 Å². The Balaban J connectivity index is 1.57. The summed E-state index contributed by atoms with van der Waals surface area (Å²) >= 11 is 0. The third-order valence-electron chi connectivity index (χ3n) is 10.1. The summed E-state index contributed by atoms with van der Waals surface area (Å²) in [7, 11) is 0. The number of carbonyl (C=O) groups is 3. The summed E-state index contributed by atoms with van der Waals surface area (Å²) in [5, 5.41) is 3.42. The zero-order valence-corrected chi connectivity index (χ0v) is 31.7. The number of nitrogens with zero attached hydrogens (tertiary/aromatic N) is 2. The van der Waals surface area contributed by atoms with Crippen LogP contribution in [-0.2, 0) is 24.5 Å². The van der Waals surface area contributed by atoms with Crippen LogP contribution in [0, 0.1) is 5.41 Å². The Morgan fingerprint density at radius 3 is 2.29 bits per heavy atom. The van der Waals surface area contributed by atoms with Crippen molar-refractivity contribution in [3.05, 3.63) is 107 Å². The number of ketones is 2. The van der Waals surface area contributed by atoms with Crippen LogP contribution in [-0.4, -0.2) is 53.6 Å². The van der Waals surface area contributed by atoms with Gasteiger partial charge < -0.3 is 15.0 Å². The standard InChI is InChI=1S/C44H55N3O4/c1-8-28-46(33-18-11-10-12-19-33)38(43(3,4)5)26-22-31-16-15-17-32(41(31)45-30-40(50)51-42-36(48)24-25-37(42)49)23-27-39-44(6,7)34-20-13-14-21-35(34)47(39)29-9-2/h10-14,18-23,26-27,42H,8-9,15-17,24-25,28-30H2,1-7H3/p+1. The average molecular weight is 691 g/mol. The van der Waals surface area contributed by atoms with Gasteiger partial charge in [0.1, 0.15) is 13.1 Å². The lowest BCUT2D eigenvalue weighted by molar-refractivity contribution is -0.443. The molecule has 2 aliphatic carbocycles. The highest BCUT2D eigenvalue weighted by atomic mass is 16.6. The van der Waals surface area contributed by atoms with Crippen molar-refractivity contribution in [2.75, 3.05) is 24.5 Å². The second kappa shape index (κ2) is 16.2. The van der Waals surface area contributed by atoms with Crippen LogP contribution in [0.25, 0.3) is 0 Å². The SMILES string of the molecule is CCCN1C(=CC=C2CCCC(C=CC(=[N+](CCC)c3ccccc3)C(C)(C)C)=C2NCC(=O)OC2C(=O)CCC2=O)C(C)(C)c2ccccc21. The molecule has 0 spiro atoms. The number of ether oxygens (including phenoxy) is 1. The Morgan fingerprint density at radius 2 is 1.63 bits per heavy atom. The molecule has 2 aromatic carbocycles. The van der Waals surface area contributed by atoms with Gasteiger partial charge in [0.15, 0.2) is 17.3 Å². The van der Waals surface area contributed by atoms with E-state index in [1.807, 2.05) is 6.07 Å². The molecule has 0 atom stereocenters. The molecule has 0 aromatic heterocycles. The molecule has 51 heavy (non-hydrogen) atoms. The quantitative estimate of drug-likeness (QED) is 0.104. The fraction of sp³-hybridized carbons (Fsp3) is 0.455. The van der Waals surface area contributed by atoms with Gasteiger partial charge in [-0.1, -0.05) is 97.0 Å². The number of fused-ring (bicyclic) bond motifs is 1. The molecule has 0 amide bonds. The van der Waals surface area contributed by atoms with Crippen molar-refractivity contribution in [1.29, 1.82) is 0 Å². The minimum absolute atomic E-state index is 0.131. The molecule has 7 heteroatoms. The summed E-state index contributed by atoms with van der Waals surface area (Å²) in [5.74, 6) is -1.25. The zero-order valence-electron chi connectivity index (χ0n) is 31.7. The van der Waals surface area contributed by atoms with Gasteiger partial charge in [0.25, 0.3) is 0 Å². The number of Topliss-reactive ketones (excluding diaryl/α,β-unsaturated/α-hetero) is 2. The molecule has 2 aromatic rings. The fourth-order valence-electron chi connectivity index (χ4n) is 7.57. The first-order valence-electron chi connectivity index (χ1n) is 18.8. The fourth-order valence-corrected chi connectivity index (χ4v) is 7.57. The van der Waals surface area contributed by atoms with Crippen molar-refractivity contribution in [2.24, 2.45) is 5.41 Å². The monoisotopic (exact) mass is 690 g/mol. The first-order chi connectivity index (χ1) is 24.4. The minimum atomic E-state index is -1.28. The van der Waals surface area contributed by atoms with Crippen molar-refractivity contribution in [3.8, 4) is 0 Å². The van der Waals surface area contributed by atoms with Gasteiger partial charge in [-0.05, 0) is 54.5 Å². The minimum Gasteiger partial charge on any atom is -0.445 e. The molecule has 0 saturated heterocycles. The summed E-state index contributed by atoms with van der Waals surface area (Å²) in [6, 6.07) is 19.2. The second-order valence-electron chi connectivity index (χ2n) is 15.4. The molecule has 1 heterocycles. The third kappa shape index (κ3) is 8.52. The Morgan fingerprint density at radius 1 is 0.941 bits per heavy atom. The van der Waals surface area contributed by atoms with Crippen LogP contribution in [0.2, 0.25) is 0 Å². The largest absolute Gasteiger partial charge is 0.445 e. The topological polar surface area (TPSA) is 78.7 Å². The number of carbonyl (C=O) groups excluding carboxylic acids is 3. The molecule has 0 unspecified atom stereocenters. The number of para-hydroxylation sites is 2. The predicted molar refractivity (Wildman–Crippen MR) is 206 cm³/mol. The van der Waals surface area contributed by atoms with E-state index in [0.29, 0.717) is 0 Å². The van der Waals surface area contributed by atoms with Crippen LogP contribution in [0.3, 0.4) is 0 Å². The highest BCUT2D eigenvalue weighted by Crippen LogP contribution is 2.47. The number of benzene rings is 2. The number of hydrogen-bond donors (Lipinski definition) is 1. The second-order valence-corrected chi connectivity index (χ2v) is 15.4. The molecular formula is C44H56N3O4+. The van der Waals surface area contributed by atoms with E-state index in [4.69, 9.17) is 4.74 Å². The van der Waals surface area contributed by atoms with E-state index in [9.17, 15) is 14.4 Å². The normalized spacial score (nSPS) is 20.1. The van der Waals surface area contributed by atoms with Gasteiger partial charge >= 0.3 is 5.97 Å². The van der Waals surface area contributed by atoms with Crippen LogP contribution in [0.1, 0.15) is 99.0 Å². The number of hydrogen-bond acceptors (Lipinski definition) is 6. The molecule has 0 bridgehead atoms. The van der Waals surface area contributed by atoms with E-state index in [0.717, 1.165) is 67.7 Å². The van der Waals surface area contributed by atoms with Crippen LogP contribution < -0.4 is 10.2 Å². The molecule has 1 aliphatic heterocycles. The van der Waals surface area contributed by atoms with Gasteiger partial charge in [0.05, 0.1) is 0 Å². The van der Waals surface area contributed by atoms with Crippen LogP contribution in [0.15, 0.2) is 101 Å². The lowest BCUT2D eigenvalue weighted by atomic mass is 9.83. The summed E-state index contributed by atoms with van der Waals surface area (Å²) in [4.78, 5) is 40.0. The molecule has 1 N–H and O–H groups in total. The van der Waals surface area contributed by atoms with E-state index in [-0.39, 0.29) is 41.8 Å². The molecular weight excluding hydrogens is 635 g/mol. The lowest BCUT2D eigenvalue weighted by Crippen LogP contribution is -2.34. The summed E-state index contributed by atoms with van der Waals surface area (Å²) in [6.45, 7) is 17.4. The van der Waals surface area contributed by atoms with Gasteiger partial charge in [-0.2, -0.15) is 4.58 Å². The summed E-state index contributed by atoms with van der Waals surface area (Å²) in [5.41, 5.74) is 9.02. The van der Waals surface area contributed by atoms with Crippen molar-refractivity contribution < 1.29 is 23.7 Å². The highest BCUT2D eigenvalue weighted by Gasteiger charge is 2.39. The first kappa shape index (κ1) is 37.7. The maximum atomic E-state index is 13.1. The van der Waals surface area contributed by atoms with Crippen LogP contribution in [0.4, 0.5) is 11.4 Å². The summed E-state index contributed by atoms with van der Waals surface area (Å²) < 4.78 is 7.81. The van der Waals surface area contributed by atoms with Gasteiger partial charge in [0, 0.05) is 71.9 Å². The first-order valence-corrected chi connectivity index (χ1v) is 18.8. The number of nitrogens with one attached hydrogen (secondary N) is 1. The maximum Gasteiger partial charge on any atom is 0.326 e. The van der Waals surface area contributed by atoms with E-state index in [1.54, 1.807) is 0 Å². The molecule has 1 fully saturated rings. The average Bonchev–Trinajstić information content (AvgIpc) is 3.53. The molecule has 7 nitrogen and oxygen atoms in total. The smallest absolute Gasteiger partial charge is 0.326 e.